The first-order chi connectivity index (χ1) is 11.6. The number of halogens is 1. The molecular weight excluding hydrogens is 340 g/mol. The SMILES string of the molecule is CC(C)(C)NC(=O)c1cc(CC(=O)Cc2cc(O)ccc2Cl)ccn1. The highest BCUT2D eigenvalue weighted by molar-refractivity contribution is 6.31. The molecule has 2 aromatic rings. The molecular formula is C19H21ClN2O3. The molecule has 0 saturated carbocycles. The van der Waals surface area contributed by atoms with Crippen LogP contribution < -0.4 is 5.32 Å². The summed E-state index contributed by atoms with van der Waals surface area (Å²) in [7, 11) is 0. The third-order valence-corrected chi connectivity index (χ3v) is 3.73. The highest BCUT2D eigenvalue weighted by atomic mass is 35.5. The molecule has 0 saturated heterocycles. The van der Waals surface area contributed by atoms with Crippen LogP contribution in [-0.2, 0) is 17.6 Å². The first-order valence-corrected chi connectivity index (χ1v) is 8.28. The number of carbonyl (C=O) groups excluding carboxylic acids is 2. The number of nitrogens with zero attached hydrogens (tertiary/aromatic N) is 1. The van der Waals surface area contributed by atoms with Crippen LogP contribution in [-0.4, -0.2) is 27.3 Å². The van der Waals surface area contributed by atoms with Crippen molar-refractivity contribution < 1.29 is 14.7 Å². The van der Waals surface area contributed by atoms with E-state index in [2.05, 4.69) is 10.3 Å². The lowest BCUT2D eigenvalue weighted by Crippen LogP contribution is -2.40. The number of carbonyl (C=O) groups is 2. The number of hydrogen-bond donors (Lipinski definition) is 2. The summed E-state index contributed by atoms with van der Waals surface area (Å²) in [6, 6.07) is 7.83. The summed E-state index contributed by atoms with van der Waals surface area (Å²) < 4.78 is 0. The van der Waals surface area contributed by atoms with Gasteiger partial charge in [0, 0.05) is 29.6 Å². The predicted molar refractivity (Wildman–Crippen MR) is 97.0 cm³/mol. The molecule has 0 bridgehead atoms. The van der Waals surface area contributed by atoms with Gasteiger partial charge in [0.1, 0.15) is 17.2 Å². The van der Waals surface area contributed by atoms with E-state index in [1.54, 1.807) is 18.2 Å². The van der Waals surface area contributed by atoms with Crippen molar-refractivity contribution in [2.75, 3.05) is 0 Å². The molecule has 0 aliphatic carbocycles. The number of nitrogens with one attached hydrogen (secondary N) is 1. The van der Waals surface area contributed by atoms with Gasteiger partial charge in [-0.05, 0) is 62.2 Å². The van der Waals surface area contributed by atoms with Crippen LogP contribution in [0.4, 0.5) is 0 Å². The van der Waals surface area contributed by atoms with E-state index in [0.29, 0.717) is 16.1 Å². The van der Waals surface area contributed by atoms with Gasteiger partial charge in [-0.15, -0.1) is 0 Å². The molecule has 25 heavy (non-hydrogen) atoms. The van der Waals surface area contributed by atoms with Crippen molar-refractivity contribution in [2.45, 2.75) is 39.2 Å². The van der Waals surface area contributed by atoms with Crippen LogP contribution in [0, 0.1) is 0 Å². The van der Waals surface area contributed by atoms with Gasteiger partial charge in [0.2, 0.25) is 0 Å². The van der Waals surface area contributed by atoms with Crippen LogP contribution in [0.3, 0.4) is 0 Å². The zero-order chi connectivity index (χ0) is 18.6. The molecule has 0 aliphatic heterocycles. The maximum Gasteiger partial charge on any atom is 0.270 e. The van der Waals surface area contributed by atoms with E-state index in [4.69, 9.17) is 11.6 Å². The van der Waals surface area contributed by atoms with Crippen molar-refractivity contribution in [3.8, 4) is 5.75 Å². The highest BCUT2D eigenvalue weighted by Gasteiger charge is 2.17. The molecule has 0 fully saturated rings. The van der Waals surface area contributed by atoms with Crippen LogP contribution in [0.1, 0.15) is 42.4 Å². The van der Waals surface area contributed by atoms with E-state index in [1.807, 2.05) is 20.8 Å². The van der Waals surface area contributed by atoms with E-state index in [-0.39, 0.29) is 41.5 Å². The summed E-state index contributed by atoms with van der Waals surface area (Å²) in [6.45, 7) is 5.66. The van der Waals surface area contributed by atoms with Crippen molar-refractivity contribution >= 4 is 23.3 Å². The number of amides is 1. The Balaban J connectivity index is 2.07. The fourth-order valence-electron chi connectivity index (χ4n) is 2.31. The number of Topliss-reactive ketones (excluding diaryl/α,β-unsaturated/α-hetero) is 1. The molecule has 0 aliphatic rings. The number of benzene rings is 1. The fraction of sp³-hybridized carbons (Fsp3) is 0.316. The van der Waals surface area contributed by atoms with E-state index in [0.717, 1.165) is 0 Å². The lowest BCUT2D eigenvalue weighted by Gasteiger charge is -2.20. The zero-order valence-electron chi connectivity index (χ0n) is 14.5. The highest BCUT2D eigenvalue weighted by Crippen LogP contribution is 2.22. The Hall–Kier alpha value is -2.40. The summed E-state index contributed by atoms with van der Waals surface area (Å²) in [5, 5.41) is 12.8. The molecule has 0 atom stereocenters. The normalized spacial score (nSPS) is 11.2. The van der Waals surface area contributed by atoms with Gasteiger partial charge >= 0.3 is 0 Å². The maximum absolute atomic E-state index is 12.3. The van der Waals surface area contributed by atoms with Crippen LogP contribution in [0.15, 0.2) is 36.5 Å². The minimum atomic E-state index is -0.364. The van der Waals surface area contributed by atoms with Crippen molar-refractivity contribution in [2.24, 2.45) is 0 Å². The molecule has 0 radical (unpaired) electrons. The van der Waals surface area contributed by atoms with Gasteiger partial charge in [-0.2, -0.15) is 0 Å². The average molecular weight is 361 g/mol. The maximum atomic E-state index is 12.3. The number of aromatic hydroxyl groups is 1. The Bertz CT molecular complexity index is 797. The molecule has 132 valence electrons. The number of pyridine rings is 1. The molecule has 2 N–H and O–H groups in total. The second kappa shape index (κ2) is 7.66. The number of rotatable bonds is 5. The van der Waals surface area contributed by atoms with Gasteiger partial charge in [0.25, 0.3) is 5.91 Å². The average Bonchev–Trinajstić information content (AvgIpc) is 2.49. The summed E-state index contributed by atoms with van der Waals surface area (Å²) in [6.07, 6.45) is 1.78. The molecule has 2 rings (SSSR count). The van der Waals surface area contributed by atoms with E-state index < -0.39 is 0 Å². The van der Waals surface area contributed by atoms with Gasteiger partial charge < -0.3 is 10.4 Å². The van der Waals surface area contributed by atoms with Crippen LogP contribution >= 0.6 is 11.6 Å². The van der Waals surface area contributed by atoms with Crippen LogP contribution in [0.25, 0.3) is 0 Å². The van der Waals surface area contributed by atoms with Gasteiger partial charge in [-0.1, -0.05) is 11.6 Å². The van der Waals surface area contributed by atoms with Crippen molar-refractivity contribution in [1.82, 2.24) is 10.3 Å². The molecule has 1 heterocycles. The van der Waals surface area contributed by atoms with E-state index in [9.17, 15) is 14.7 Å². The minimum Gasteiger partial charge on any atom is -0.508 e. The zero-order valence-corrected chi connectivity index (χ0v) is 15.2. The van der Waals surface area contributed by atoms with Crippen LogP contribution in [0.5, 0.6) is 5.75 Å². The Morgan fingerprint density at radius 3 is 2.56 bits per heavy atom. The first kappa shape index (κ1) is 18.9. The summed E-state index contributed by atoms with van der Waals surface area (Å²) in [5.41, 5.74) is 1.19. The smallest absolute Gasteiger partial charge is 0.270 e. The Kier molecular flexibility index (Phi) is 5.80. The molecule has 0 spiro atoms. The number of hydrogen-bond acceptors (Lipinski definition) is 4. The van der Waals surface area contributed by atoms with Crippen molar-refractivity contribution in [3.63, 3.8) is 0 Å². The largest absolute Gasteiger partial charge is 0.508 e. The standard InChI is InChI=1S/C19H21ClN2O3/c1-19(2,3)22-18(25)17-9-12(6-7-21-17)8-15(24)11-13-10-14(23)4-5-16(13)20/h4-7,9-10,23H,8,11H2,1-3H3,(H,22,25). The fourth-order valence-corrected chi connectivity index (χ4v) is 2.50. The minimum absolute atomic E-state index is 0.0669. The summed E-state index contributed by atoms with van der Waals surface area (Å²) in [5.74, 6) is -0.282. The summed E-state index contributed by atoms with van der Waals surface area (Å²) in [4.78, 5) is 28.5. The molecule has 1 aromatic heterocycles. The van der Waals surface area contributed by atoms with E-state index >= 15 is 0 Å². The molecule has 1 amide bonds. The molecule has 5 nitrogen and oxygen atoms in total. The third-order valence-electron chi connectivity index (χ3n) is 3.36. The molecule has 1 aromatic carbocycles. The van der Waals surface area contributed by atoms with Crippen molar-refractivity contribution in [1.29, 1.82) is 0 Å². The topological polar surface area (TPSA) is 79.3 Å². The first-order valence-electron chi connectivity index (χ1n) is 7.90. The third kappa shape index (κ3) is 5.87. The van der Waals surface area contributed by atoms with E-state index in [1.165, 1.54) is 18.3 Å². The number of aromatic nitrogens is 1. The Morgan fingerprint density at radius 2 is 1.88 bits per heavy atom. The summed E-state index contributed by atoms with van der Waals surface area (Å²) >= 11 is 6.05. The molecule has 0 unspecified atom stereocenters. The second-order valence-electron chi connectivity index (χ2n) is 6.92. The predicted octanol–water partition coefficient (Wildman–Crippen LogP) is 3.32. The lowest BCUT2D eigenvalue weighted by atomic mass is 10.0. The van der Waals surface area contributed by atoms with Gasteiger partial charge in [-0.25, -0.2) is 0 Å². The Morgan fingerprint density at radius 1 is 1.16 bits per heavy atom. The number of phenols is 1. The number of phenolic OH excluding ortho intramolecular Hbond substituents is 1. The quantitative estimate of drug-likeness (QED) is 0.857. The number of ketones is 1. The van der Waals surface area contributed by atoms with Gasteiger partial charge in [0.15, 0.2) is 0 Å². The van der Waals surface area contributed by atoms with Crippen LogP contribution in [0.2, 0.25) is 5.02 Å². The monoisotopic (exact) mass is 360 g/mol. The second-order valence-corrected chi connectivity index (χ2v) is 7.33. The van der Waals surface area contributed by atoms with Crippen molar-refractivity contribution in [3.05, 3.63) is 58.4 Å². The van der Waals surface area contributed by atoms with Gasteiger partial charge in [0.05, 0.1) is 0 Å². The Labute approximate surface area is 152 Å². The molecule has 6 heteroatoms. The van der Waals surface area contributed by atoms with Gasteiger partial charge in [-0.3, -0.25) is 14.6 Å². The lowest BCUT2D eigenvalue weighted by molar-refractivity contribution is -0.117.